The Morgan fingerprint density at radius 2 is 1.54 bits per heavy atom. The first kappa shape index (κ1) is 25.8. The van der Waals surface area contributed by atoms with E-state index >= 15 is 0 Å². The van der Waals surface area contributed by atoms with Crippen molar-refractivity contribution in [1.29, 1.82) is 10.8 Å². The van der Waals surface area contributed by atoms with E-state index in [2.05, 4.69) is 6.58 Å². The van der Waals surface area contributed by atoms with Crippen molar-refractivity contribution in [2.75, 3.05) is 5.75 Å². The molecule has 0 saturated heterocycles. The Morgan fingerprint density at radius 3 is 2.04 bits per heavy atom. The van der Waals surface area contributed by atoms with Gasteiger partial charge in [0.2, 0.25) is 11.8 Å². The van der Waals surface area contributed by atoms with Gasteiger partial charge in [0.25, 0.3) is 7.59 Å². The molecule has 0 saturated carbocycles. The van der Waals surface area contributed by atoms with Gasteiger partial charge in [-0.2, -0.15) is 0 Å². The highest BCUT2D eigenvalue weighted by Crippen LogP contribution is 2.32. The van der Waals surface area contributed by atoms with Crippen LogP contribution in [0.5, 0.6) is 0 Å². The second-order valence-electron chi connectivity index (χ2n) is 5.14. The van der Waals surface area contributed by atoms with Crippen molar-refractivity contribution in [2.24, 2.45) is 0 Å². The summed E-state index contributed by atoms with van der Waals surface area (Å²) in [5.41, 5.74) is 0. The molecule has 0 aromatic heterocycles. The standard InChI is InChI=1S/C17H16Cl6N2O2S/c1-2-3-9-12(26-14(24)16(18,19)20)13(27-15(25)17(21,22)23)10-28-11-7-5-4-6-8-11/h2-9,12-13,24-25H,1,10H2/b9-3+,24-14?,25-15?/t12-,13-/m1/s1. The number of alkyl halides is 6. The molecule has 1 aromatic rings. The Hall–Kier alpha value is -0.270. The van der Waals surface area contributed by atoms with E-state index < -0.39 is 31.6 Å². The predicted molar refractivity (Wildman–Crippen MR) is 122 cm³/mol. The molecule has 28 heavy (non-hydrogen) atoms. The van der Waals surface area contributed by atoms with Crippen LogP contribution in [-0.4, -0.2) is 37.3 Å². The fourth-order valence-corrected chi connectivity index (χ4v) is 2.97. The van der Waals surface area contributed by atoms with Crippen LogP contribution in [0.2, 0.25) is 0 Å². The molecule has 4 nitrogen and oxygen atoms in total. The maximum Gasteiger partial charge on any atom is 0.265 e. The highest BCUT2D eigenvalue weighted by Gasteiger charge is 2.36. The quantitative estimate of drug-likeness (QED) is 0.127. The van der Waals surface area contributed by atoms with Crippen LogP contribution in [0.1, 0.15) is 0 Å². The molecular weight excluding hydrogens is 509 g/mol. The highest BCUT2D eigenvalue weighted by atomic mass is 35.6. The van der Waals surface area contributed by atoms with Gasteiger partial charge in [-0.1, -0.05) is 107 Å². The van der Waals surface area contributed by atoms with Crippen LogP contribution < -0.4 is 0 Å². The van der Waals surface area contributed by atoms with Crippen LogP contribution in [0.25, 0.3) is 0 Å². The molecule has 0 heterocycles. The van der Waals surface area contributed by atoms with Gasteiger partial charge in [0.05, 0.1) is 0 Å². The summed E-state index contributed by atoms with van der Waals surface area (Å²) < 4.78 is 6.88. The second-order valence-corrected chi connectivity index (χ2v) is 10.8. The topological polar surface area (TPSA) is 66.2 Å². The van der Waals surface area contributed by atoms with Gasteiger partial charge < -0.3 is 9.47 Å². The molecule has 11 heteroatoms. The number of nitrogens with one attached hydrogen (secondary N) is 2. The van der Waals surface area contributed by atoms with Gasteiger partial charge in [0.1, 0.15) is 6.10 Å². The Kier molecular flexibility index (Phi) is 10.9. The first-order chi connectivity index (χ1) is 12.9. The summed E-state index contributed by atoms with van der Waals surface area (Å²) in [5, 5.41) is 15.7. The summed E-state index contributed by atoms with van der Waals surface area (Å²) in [4.78, 5) is 0.944. The third-order valence-electron chi connectivity index (χ3n) is 3.00. The van der Waals surface area contributed by atoms with Gasteiger partial charge in [-0.3, -0.25) is 10.8 Å². The number of benzene rings is 1. The number of rotatable bonds is 8. The van der Waals surface area contributed by atoms with E-state index in [-0.39, 0.29) is 5.75 Å². The fourth-order valence-electron chi connectivity index (χ4n) is 1.74. The van der Waals surface area contributed by atoms with Crippen LogP contribution in [0.3, 0.4) is 0 Å². The minimum Gasteiger partial charge on any atom is -0.470 e. The van der Waals surface area contributed by atoms with Crippen LogP contribution in [0.15, 0.2) is 60.0 Å². The molecule has 0 unspecified atom stereocenters. The number of thioether (sulfide) groups is 1. The molecule has 154 valence electrons. The molecule has 0 bridgehead atoms. The molecule has 0 amide bonds. The minimum absolute atomic E-state index is 0.284. The third kappa shape index (κ3) is 9.49. The average Bonchev–Trinajstić information content (AvgIpc) is 2.61. The molecule has 0 aliphatic carbocycles. The van der Waals surface area contributed by atoms with Gasteiger partial charge in [0.15, 0.2) is 6.10 Å². The molecule has 2 N–H and O–H groups in total. The second kappa shape index (κ2) is 11.8. The summed E-state index contributed by atoms with van der Waals surface area (Å²) in [7, 11) is 0. The lowest BCUT2D eigenvalue weighted by molar-refractivity contribution is 0.0781. The zero-order valence-corrected chi connectivity index (χ0v) is 19.5. The largest absolute Gasteiger partial charge is 0.470 e. The zero-order valence-electron chi connectivity index (χ0n) is 14.2. The monoisotopic (exact) mass is 522 g/mol. The molecule has 0 aliphatic rings. The molecule has 0 fully saturated rings. The maximum absolute atomic E-state index is 7.87. The predicted octanol–water partition coefficient (Wildman–Crippen LogP) is 6.99. The normalized spacial score (nSPS) is 14.4. The maximum atomic E-state index is 7.87. The van der Waals surface area contributed by atoms with Crippen molar-refractivity contribution in [2.45, 2.75) is 24.7 Å². The molecule has 0 aliphatic heterocycles. The van der Waals surface area contributed by atoms with Crippen molar-refractivity contribution < 1.29 is 9.47 Å². The summed E-state index contributed by atoms with van der Waals surface area (Å²) in [6, 6.07) is 9.45. The van der Waals surface area contributed by atoms with Crippen molar-refractivity contribution in [1.82, 2.24) is 0 Å². The third-order valence-corrected chi connectivity index (χ3v) is 5.13. The number of hydrogen-bond acceptors (Lipinski definition) is 5. The number of halogens is 6. The Balaban J connectivity index is 3.09. The van der Waals surface area contributed by atoms with Crippen LogP contribution in [-0.2, 0) is 9.47 Å². The first-order valence-corrected chi connectivity index (χ1v) is 10.8. The zero-order chi connectivity index (χ0) is 21.4. The highest BCUT2D eigenvalue weighted by molar-refractivity contribution is 7.99. The van der Waals surface area contributed by atoms with E-state index in [4.69, 9.17) is 89.9 Å². The smallest absolute Gasteiger partial charge is 0.265 e. The van der Waals surface area contributed by atoms with Gasteiger partial charge in [-0.25, -0.2) is 0 Å². The van der Waals surface area contributed by atoms with Crippen molar-refractivity contribution >= 4 is 93.2 Å². The lowest BCUT2D eigenvalue weighted by Crippen LogP contribution is -2.40. The van der Waals surface area contributed by atoms with E-state index in [1.165, 1.54) is 17.8 Å². The van der Waals surface area contributed by atoms with Crippen molar-refractivity contribution in [3.8, 4) is 0 Å². The Bertz CT molecular complexity index is 704. The van der Waals surface area contributed by atoms with Gasteiger partial charge in [-0.05, 0) is 18.2 Å². The lowest BCUT2D eigenvalue weighted by atomic mass is 10.2. The van der Waals surface area contributed by atoms with E-state index in [1.807, 2.05) is 30.3 Å². The molecule has 0 spiro atoms. The van der Waals surface area contributed by atoms with Gasteiger partial charge >= 0.3 is 0 Å². The SMILES string of the molecule is C=C/C=C/[C@@H](OC(=N)C(Cl)(Cl)Cl)[C@@H](CSc1ccccc1)OC(=N)C(Cl)(Cl)Cl. The van der Waals surface area contributed by atoms with Gasteiger partial charge in [-0.15, -0.1) is 11.8 Å². The molecule has 2 atom stereocenters. The average molecular weight is 525 g/mol. The van der Waals surface area contributed by atoms with Crippen LogP contribution in [0, 0.1) is 10.8 Å². The number of ether oxygens (including phenoxy) is 2. The lowest BCUT2D eigenvalue weighted by Gasteiger charge is -2.29. The Morgan fingerprint density at radius 1 is 1.00 bits per heavy atom. The summed E-state index contributed by atoms with van der Waals surface area (Å²) in [6.45, 7) is 3.59. The molecule has 1 aromatic carbocycles. The van der Waals surface area contributed by atoms with Crippen LogP contribution in [0.4, 0.5) is 0 Å². The van der Waals surface area contributed by atoms with Crippen LogP contribution >= 0.6 is 81.4 Å². The van der Waals surface area contributed by atoms with E-state index in [9.17, 15) is 0 Å². The first-order valence-electron chi connectivity index (χ1n) is 7.57. The summed E-state index contributed by atoms with van der Waals surface area (Å²) in [5.74, 6) is -0.931. The van der Waals surface area contributed by atoms with Gasteiger partial charge in [0, 0.05) is 10.6 Å². The molecular formula is C17H16Cl6N2O2S. The van der Waals surface area contributed by atoms with E-state index in [1.54, 1.807) is 12.2 Å². The van der Waals surface area contributed by atoms with Crippen molar-refractivity contribution in [3.63, 3.8) is 0 Å². The summed E-state index contributed by atoms with van der Waals surface area (Å²) >= 11 is 35.7. The minimum atomic E-state index is -2.07. The Labute approximate surface area is 198 Å². The molecule has 1 rings (SSSR count). The fraction of sp³-hybridized carbons (Fsp3) is 0.294. The number of hydrogen-bond donors (Lipinski definition) is 2. The van der Waals surface area contributed by atoms with E-state index in [0.717, 1.165) is 4.90 Å². The van der Waals surface area contributed by atoms with E-state index in [0.29, 0.717) is 0 Å². The summed E-state index contributed by atoms with van der Waals surface area (Å²) in [6.07, 6.45) is 2.83. The molecule has 0 radical (unpaired) electrons. The number of allylic oxidation sites excluding steroid dienone is 2. The van der Waals surface area contributed by atoms with Crippen molar-refractivity contribution in [3.05, 3.63) is 55.1 Å².